The van der Waals surface area contributed by atoms with Crippen molar-refractivity contribution < 1.29 is 19.4 Å². The fourth-order valence-corrected chi connectivity index (χ4v) is 3.56. The number of anilines is 1. The molecule has 162 valence electrons. The van der Waals surface area contributed by atoms with Gasteiger partial charge in [-0.15, -0.1) is 0 Å². The van der Waals surface area contributed by atoms with Crippen LogP contribution in [0, 0.1) is 0 Å². The zero-order chi connectivity index (χ0) is 22.5. The lowest BCUT2D eigenvalue weighted by Crippen LogP contribution is -2.45. The number of aromatic nitrogens is 1. The maximum absolute atomic E-state index is 13.2. The minimum atomic E-state index is -0.855. The average Bonchev–Trinajstić information content (AvgIpc) is 3.29. The van der Waals surface area contributed by atoms with Crippen LogP contribution in [0.25, 0.3) is 10.9 Å². The number of aromatic hydroxyl groups is 1. The number of nitrogens with one attached hydrogen (secondary N) is 3. The molecule has 0 radical (unpaired) electrons. The molecule has 4 aromatic rings. The van der Waals surface area contributed by atoms with Gasteiger partial charge in [0.1, 0.15) is 17.5 Å². The molecule has 4 N–H and O–H groups in total. The maximum Gasteiger partial charge on any atom is 0.252 e. The number of fused-ring (bicyclic) bond motifs is 1. The fourth-order valence-electron chi connectivity index (χ4n) is 3.56. The molecule has 1 unspecified atom stereocenters. The van der Waals surface area contributed by atoms with E-state index in [1.807, 2.05) is 18.2 Å². The highest BCUT2D eigenvalue weighted by Gasteiger charge is 2.24. The summed E-state index contributed by atoms with van der Waals surface area (Å²) in [6.07, 6.45) is 2.01. The van der Waals surface area contributed by atoms with E-state index in [0.717, 1.165) is 16.5 Å². The van der Waals surface area contributed by atoms with Gasteiger partial charge in [-0.3, -0.25) is 9.59 Å². The molecule has 2 amide bonds. The summed E-state index contributed by atoms with van der Waals surface area (Å²) in [6.45, 7) is 0. The smallest absolute Gasteiger partial charge is 0.252 e. The Morgan fingerprint density at radius 1 is 1.00 bits per heavy atom. The van der Waals surface area contributed by atoms with Crippen molar-refractivity contribution in [2.24, 2.45) is 0 Å². The number of carbonyl (C=O) groups excluding carboxylic acids is 2. The van der Waals surface area contributed by atoms with Crippen molar-refractivity contribution in [1.82, 2.24) is 10.3 Å². The lowest BCUT2D eigenvalue weighted by molar-refractivity contribution is -0.118. The SMILES string of the molecule is COc1ccccc1NC(=O)C(Cc1ccc(O)cc1)NC(=O)c1cccc2[nH]ccc12. The average molecular weight is 429 g/mol. The summed E-state index contributed by atoms with van der Waals surface area (Å²) in [5.41, 5.74) is 2.62. The zero-order valence-electron chi connectivity index (χ0n) is 17.5. The number of para-hydroxylation sites is 2. The van der Waals surface area contributed by atoms with Crippen LogP contribution >= 0.6 is 0 Å². The minimum Gasteiger partial charge on any atom is -0.508 e. The van der Waals surface area contributed by atoms with E-state index in [0.29, 0.717) is 17.0 Å². The number of methoxy groups -OCH3 is 1. The minimum absolute atomic E-state index is 0.131. The summed E-state index contributed by atoms with van der Waals surface area (Å²) in [5.74, 6) is -0.0779. The van der Waals surface area contributed by atoms with Crippen molar-refractivity contribution in [3.05, 3.63) is 90.1 Å². The quantitative estimate of drug-likeness (QED) is 0.358. The Balaban J connectivity index is 1.60. The predicted molar refractivity (Wildman–Crippen MR) is 123 cm³/mol. The Bertz CT molecular complexity index is 1250. The van der Waals surface area contributed by atoms with Gasteiger partial charge in [-0.05, 0) is 48.0 Å². The van der Waals surface area contributed by atoms with E-state index in [1.54, 1.807) is 60.8 Å². The van der Waals surface area contributed by atoms with Crippen LogP contribution in [0.4, 0.5) is 5.69 Å². The van der Waals surface area contributed by atoms with Crippen LogP contribution in [-0.4, -0.2) is 35.1 Å². The Morgan fingerprint density at radius 2 is 1.78 bits per heavy atom. The van der Waals surface area contributed by atoms with Gasteiger partial charge in [0, 0.05) is 29.1 Å². The second-order valence-electron chi connectivity index (χ2n) is 7.33. The first kappa shape index (κ1) is 21.0. The normalized spacial score (nSPS) is 11.7. The van der Waals surface area contributed by atoms with Crippen LogP contribution < -0.4 is 15.4 Å². The van der Waals surface area contributed by atoms with Crippen molar-refractivity contribution in [1.29, 1.82) is 0 Å². The van der Waals surface area contributed by atoms with Gasteiger partial charge in [0.05, 0.1) is 12.8 Å². The highest BCUT2D eigenvalue weighted by atomic mass is 16.5. The van der Waals surface area contributed by atoms with Crippen LogP contribution in [0.1, 0.15) is 15.9 Å². The molecule has 0 bridgehead atoms. The summed E-state index contributed by atoms with van der Waals surface area (Å²) < 4.78 is 5.31. The van der Waals surface area contributed by atoms with E-state index >= 15 is 0 Å². The van der Waals surface area contributed by atoms with E-state index in [2.05, 4.69) is 15.6 Å². The lowest BCUT2D eigenvalue weighted by atomic mass is 10.0. The summed E-state index contributed by atoms with van der Waals surface area (Å²) >= 11 is 0. The molecule has 7 nitrogen and oxygen atoms in total. The zero-order valence-corrected chi connectivity index (χ0v) is 17.5. The number of ether oxygens (including phenoxy) is 1. The second-order valence-corrected chi connectivity index (χ2v) is 7.33. The number of hydrogen-bond donors (Lipinski definition) is 4. The first-order chi connectivity index (χ1) is 15.5. The van der Waals surface area contributed by atoms with E-state index < -0.39 is 6.04 Å². The van der Waals surface area contributed by atoms with Crippen molar-refractivity contribution in [2.45, 2.75) is 12.5 Å². The number of aromatic amines is 1. The van der Waals surface area contributed by atoms with E-state index in [-0.39, 0.29) is 24.0 Å². The van der Waals surface area contributed by atoms with Crippen molar-refractivity contribution in [2.75, 3.05) is 12.4 Å². The maximum atomic E-state index is 13.2. The van der Waals surface area contributed by atoms with Crippen LogP contribution in [0.3, 0.4) is 0 Å². The van der Waals surface area contributed by atoms with Gasteiger partial charge in [-0.1, -0.05) is 30.3 Å². The molecular weight excluding hydrogens is 406 g/mol. The Morgan fingerprint density at radius 3 is 2.56 bits per heavy atom. The van der Waals surface area contributed by atoms with Gasteiger partial charge in [0.25, 0.3) is 5.91 Å². The molecule has 0 aliphatic carbocycles. The number of hydrogen-bond acceptors (Lipinski definition) is 4. The molecule has 1 aromatic heterocycles. The predicted octanol–water partition coefficient (Wildman–Crippen LogP) is 3.86. The Labute approximate surface area is 185 Å². The topological polar surface area (TPSA) is 103 Å². The summed E-state index contributed by atoms with van der Waals surface area (Å²) in [7, 11) is 1.53. The number of rotatable bonds is 7. The van der Waals surface area contributed by atoms with Gasteiger partial charge in [-0.25, -0.2) is 0 Å². The third-order valence-electron chi connectivity index (χ3n) is 5.20. The van der Waals surface area contributed by atoms with Gasteiger partial charge in [0.2, 0.25) is 5.91 Å². The number of phenols is 1. The van der Waals surface area contributed by atoms with Crippen LogP contribution in [0.5, 0.6) is 11.5 Å². The fraction of sp³-hybridized carbons (Fsp3) is 0.120. The number of amides is 2. The number of carbonyl (C=O) groups is 2. The van der Waals surface area contributed by atoms with Gasteiger partial charge < -0.3 is 25.5 Å². The molecule has 1 heterocycles. The third kappa shape index (κ3) is 4.57. The van der Waals surface area contributed by atoms with Crippen LogP contribution in [0.2, 0.25) is 0 Å². The molecule has 0 fully saturated rings. The molecule has 0 aliphatic rings. The highest BCUT2D eigenvalue weighted by molar-refractivity contribution is 6.08. The van der Waals surface area contributed by atoms with E-state index in [1.165, 1.54) is 7.11 Å². The number of H-pyrrole nitrogens is 1. The second kappa shape index (κ2) is 9.26. The molecule has 4 rings (SSSR count). The molecule has 32 heavy (non-hydrogen) atoms. The highest BCUT2D eigenvalue weighted by Crippen LogP contribution is 2.24. The third-order valence-corrected chi connectivity index (χ3v) is 5.20. The van der Waals surface area contributed by atoms with Crippen LogP contribution in [-0.2, 0) is 11.2 Å². The van der Waals surface area contributed by atoms with E-state index in [4.69, 9.17) is 4.74 Å². The lowest BCUT2D eigenvalue weighted by Gasteiger charge is -2.20. The molecule has 7 heteroatoms. The van der Waals surface area contributed by atoms with Crippen molar-refractivity contribution in [3.8, 4) is 11.5 Å². The Kier molecular flexibility index (Phi) is 6.07. The summed E-state index contributed by atoms with van der Waals surface area (Å²) in [4.78, 5) is 29.4. The van der Waals surface area contributed by atoms with Crippen LogP contribution in [0.15, 0.2) is 79.0 Å². The summed E-state index contributed by atoms with van der Waals surface area (Å²) in [6, 6.07) is 20.0. The molecule has 0 saturated heterocycles. The molecule has 3 aromatic carbocycles. The van der Waals surface area contributed by atoms with Gasteiger partial charge >= 0.3 is 0 Å². The van der Waals surface area contributed by atoms with E-state index in [9.17, 15) is 14.7 Å². The first-order valence-corrected chi connectivity index (χ1v) is 10.1. The molecule has 0 spiro atoms. The molecule has 0 aliphatic heterocycles. The molecule has 0 saturated carbocycles. The van der Waals surface area contributed by atoms with Gasteiger partial charge in [0.15, 0.2) is 0 Å². The standard InChI is InChI=1S/C25H23N3O4/c1-32-23-8-3-2-6-21(23)27-25(31)22(15-16-9-11-17(29)12-10-16)28-24(30)19-5-4-7-20-18(19)13-14-26-20/h2-14,22,26,29H,15H2,1H3,(H,27,31)(H,28,30). The number of benzene rings is 3. The Hall–Kier alpha value is -4.26. The summed E-state index contributed by atoms with van der Waals surface area (Å²) in [5, 5.41) is 16.1. The van der Waals surface area contributed by atoms with Gasteiger partial charge in [-0.2, -0.15) is 0 Å². The largest absolute Gasteiger partial charge is 0.508 e. The number of phenolic OH excluding ortho intramolecular Hbond substituents is 1. The van der Waals surface area contributed by atoms with Crippen molar-refractivity contribution in [3.63, 3.8) is 0 Å². The molecular formula is C25H23N3O4. The first-order valence-electron chi connectivity index (χ1n) is 10.1. The molecule has 1 atom stereocenters. The van der Waals surface area contributed by atoms with Crippen molar-refractivity contribution >= 4 is 28.4 Å². The monoisotopic (exact) mass is 429 g/mol.